The Balaban J connectivity index is 3.88. The van der Waals surface area contributed by atoms with Gasteiger partial charge in [0.25, 0.3) is 0 Å². The van der Waals surface area contributed by atoms with E-state index in [-0.39, 0.29) is 12.0 Å². The molecule has 0 heterocycles. The molecule has 84 valence electrons. The first-order valence-electron chi connectivity index (χ1n) is 5.07. The predicted octanol–water partition coefficient (Wildman–Crippen LogP) is 1.67. The molecule has 0 aromatic heterocycles. The average molecular weight is 219 g/mol. The first-order chi connectivity index (χ1) is 6.65. The van der Waals surface area contributed by atoms with Gasteiger partial charge in [-0.05, 0) is 26.5 Å². The Morgan fingerprint density at radius 2 is 2.14 bits per heavy atom. The second kappa shape index (κ2) is 8.12. The van der Waals surface area contributed by atoms with E-state index in [0.717, 1.165) is 12.2 Å². The van der Waals surface area contributed by atoms with Crippen LogP contribution in [0.3, 0.4) is 0 Å². The highest BCUT2D eigenvalue weighted by Gasteiger charge is 2.16. The van der Waals surface area contributed by atoms with Crippen LogP contribution in [0.15, 0.2) is 0 Å². The minimum atomic E-state index is -0.202. The van der Waals surface area contributed by atoms with Crippen LogP contribution in [0, 0.1) is 0 Å². The molecule has 0 saturated heterocycles. The van der Waals surface area contributed by atoms with Crippen LogP contribution in [0.4, 0.5) is 0 Å². The predicted molar refractivity (Wildman–Crippen MR) is 61.7 cm³/mol. The summed E-state index contributed by atoms with van der Waals surface area (Å²) in [6.45, 7) is 6.24. The van der Waals surface area contributed by atoms with E-state index in [1.165, 1.54) is 0 Å². The lowest BCUT2D eigenvalue weighted by molar-refractivity contribution is -0.145. The second-order valence-electron chi connectivity index (χ2n) is 3.20. The third-order valence-electron chi connectivity index (χ3n) is 1.99. The fourth-order valence-electron chi connectivity index (χ4n) is 1.17. The number of carbonyl (C=O) groups is 1. The van der Waals surface area contributed by atoms with E-state index in [0.29, 0.717) is 12.6 Å². The smallest absolute Gasteiger partial charge is 0.322 e. The van der Waals surface area contributed by atoms with Gasteiger partial charge in [0.2, 0.25) is 0 Å². The van der Waals surface area contributed by atoms with Gasteiger partial charge in [-0.3, -0.25) is 4.79 Å². The second-order valence-corrected chi connectivity index (χ2v) is 4.11. The van der Waals surface area contributed by atoms with Crippen LogP contribution in [0.25, 0.3) is 0 Å². The highest BCUT2D eigenvalue weighted by atomic mass is 32.2. The van der Waals surface area contributed by atoms with Crippen LogP contribution >= 0.6 is 11.8 Å². The number of hydrogen-bond acceptors (Lipinski definition) is 4. The lowest BCUT2D eigenvalue weighted by atomic mass is 10.2. The number of nitrogens with one attached hydrogen (secondary N) is 1. The summed E-state index contributed by atoms with van der Waals surface area (Å²) in [5.74, 6) is 0.868. The molecule has 0 aliphatic heterocycles. The van der Waals surface area contributed by atoms with E-state index in [4.69, 9.17) is 4.74 Å². The molecule has 0 aliphatic rings. The van der Waals surface area contributed by atoms with Crippen molar-refractivity contribution in [1.82, 2.24) is 5.32 Å². The molecule has 0 aliphatic carbocycles. The Hall–Kier alpha value is -0.220. The standard InChI is InChI=1S/C10H21NO2S/c1-5-9(7-14-4)11-8(3)10(12)13-6-2/h8-9,11H,5-7H2,1-4H3. The van der Waals surface area contributed by atoms with Crippen LogP contribution < -0.4 is 5.32 Å². The quantitative estimate of drug-likeness (QED) is 0.661. The van der Waals surface area contributed by atoms with Gasteiger partial charge in [0.05, 0.1) is 6.61 Å². The van der Waals surface area contributed by atoms with Crippen molar-refractivity contribution in [2.75, 3.05) is 18.6 Å². The number of ether oxygens (including phenoxy) is 1. The Morgan fingerprint density at radius 3 is 2.57 bits per heavy atom. The zero-order valence-electron chi connectivity index (χ0n) is 9.50. The maximum Gasteiger partial charge on any atom is 0.322 e. The monoisotopic (exact) mass is 219 g/mol. The maximum atomic E-state index is 11.3. The summed E-state index contributed by atoms with van der Waals surface area (Å²) < 4.78 is 4.92. The first kappa shape index (κ1) is 13.8. The summed E-state index contributed by atoms with van der Waals surface area (Å²) in [4.78, 5) is 11.3. The van der Waals surface area contributed by atoms with Crippen LogP contribution in [0.5, 0.6) is 0 Å². The molecular weight excluding hydrogens is 198 g/mol. The SMILES string of the molecule is CCOC(=O)C(C)NC(CC)CSC. The van der Waals surface area contributed by atoms with E-state index < -0.39 is 0 Å². The lowest BCUT2D eigenvalue weighted by Gasteiger charge is -2.20. The molecule has 3 nitrogen and oxygen atoms in total. The number of carbonyl (C=O) groups excluding carboxylic acids is 1. The number of esters is 1. The van der Waals surface area contributed by atoms with Gasteiger partial charge in [0.15, 0.2) is 0 Å². The zero-order valence-corrected chi connectivity index (χ0v) is 10.3. The largest absolute Gasteiger partial charge is 0.465 e. The van der Waals surface area contributed by atoms with Crippen molar-refractivity contribution in [3.8, 4) is 0 Å². The molecule has 0 aromatic rings. The van der Waals surface area contributed by atoms with Crippen molar-refractivity contribution >= 4 is 17.7 Å². The topological polar surface area (TPSA) is 38.3 Å². The number of hydrogen-bond donors (Lipinski definition) is 1. The minimum absolute atomic E-state index is 0.160. The molecular formula is C10H21NO2S. The Kier molecular flexibility index (Phi) is 7.99. The molecule has 2 unspecified atom stereocenters. The summed E-state index contributed by atoms with van der Waals surface area (Å²) in [5.41, 5.74) is 0. The Bertz CT molecular complexity index is 164. The summed E-state index contributed by atoms with van der Waals surface area (Å²) in [6.07, 6.45) is 3.10. The van der Waals surface area contributed by atoms with E-state index in [9.17, 15) is 4.79 Å². The molecule has 0 saturated carbocycles. The fraction of sp³-hybridized carbons (Fsp3) is 0.900. The van der Waals surface area contributed by atoms with Crippen molar-refractivity contribution in [3.05, 3.63) is 0 Å². The van der Waals surface area contributed by atoms with Gasteiger partial charge in [-0.25, -0.2) is 0 Å². The molecule has 0 fully saturated rings. The van der Waals surface area contributed by atoms with Gasteiger partial charge in [0, 0.05) is 11.8 Å². The van der Waals surface area contributed by atoms with Crippen LogP contribution in [0.2, 0.25) is 0 Å². The van der Waals surface area contributed by atoms with Crippen molar-refractivity contribution in [1.29, 1.82) is 0 Å². The molecule has 2 atom stereocenters. The zero-order chi connectivity index (χ0) is 11.0. The molecule has 0 radical (unpaired) electrons. The molecule has 4 heteroatoms. The van der Waals surface area contributed by atoms with Gasteiger partial charge in [-0.1, -0.05) is 6.92 Å². The van der Waals surface area contributed by atoms with E-state index >= 15 is 0 Å². The Morgan fingerprint density at radius 1 is 1.50 bits per heavy atom. The van der Waals surface area contributed by atoms with Crippen molar-refractivity contribution < 1.29 is 9.53 Å². The summed E-state index contributed by atoms with van der Waals surface area (Å²) in [5, 5.41) is 3.26. The van der Waals surface area contributed by atoms with Crippen molar-refractivity contribution in [3.63, 3.8) is 0 Å². The Labute approximate surface area is 91.0 Å². The van der Waals surface area contributed by atoms with Gasteiger partial charge in [-0.2, -0.15) is 11.8 Å². The van der Waals surface area contributed by atoms with Crippen LogP contribution in [0.1, 0.15) is 27.2 Å². The number of thioether (sulfide) groups is 1. The summed E-state index contributed by atoms with van der Waals surface area (Å²) in [6, 6.07) is 0.191. The van der Waals surface area contributed by atoms with E-state index in [1.54, 1.807) is 11.8 Å². The van der Waals surface area contributed by atoms with E-state index in [2.05, 4.69) is 18.5 Å². The maximum absolute atomic E-state index is 11.3. The normalized spacial score (nSPS) is 14.9. The van der Waals surface area contributed by atoms with Crippen LogP contribution in [-0.2, 0) is 9.53 Å². The molecule has 0 bridgehead atoms. The summed E-state index contributed by atoms with van der Waals surface area (Å²) >= 11 is 1.79. The molecule has 14 heavy (non-hydrogen) atoms. The van der Waals surface area contributed by atoms with E-state index in [1.807, 2.05) is 13.8 Å². The van der Waals surface area contributed by atoms with Gasteiger partial charge in [-0.15, -0.1) is 0 Å². The van der Waals surface area contributed by atoms with Crippen LogP contribution in [-0.4, -0.2) is 36.7 Å². The molecule has 0 spiro atoms. The first-order valence-corrected chi connectivity index (χ1v) is 6.46. The van der Waals surface area contributed by atoms with Crippen molar-refractivity contribution in [2.45, 2.75) is 39.3 Å². The molecule has 0 amide bonds. The van der Waals surface area contributed by atoms with Gasteiger partial charge < -0.3 is 10.1 Å². The average Bonchev–Trinajstić information content (AvgIpc) is 2.17. The minimum Gasteiger partial charge on any atom is -0.465 e. The highest BCUT2D eigenvalue weighted by Crippen LogP contribution is 2.02. The highest BCUT2D eigenvalue weighted by molar-refractivity contribution is 7.98. The van der Waals surface area contributed by atoms with Gasteiger partial charge in [0.1, 0.15) is 6.04 Å². The third kappa shape index (κ3) is 5.50. The number of rotatable bonds is 7. The van der Waals surface area contributed by atoms with Crippen molar-refractivity contribution in [2.24, 2.45) is 0 Å². The lowest BCUT2D eigenvalue weighted by Crippen LogP contribution is -2.43. The molecule has 0 aromatic carbocycles. The molecule has 1 N–H and O–H groups in total. The molecule has 0 rings (SSSR count). The fourth-order valence-corrected chi connectivity index (χ4v) is 1.91. The summed E-state index contributed by atoms with van der Waals surface area (Å²) in [7, 11) is 0. The third-order valence-corrected chi connectivity index (χ3v) is 2.72. The van der Waals surface area contributed by atoms with Gasteiger partial charge >= 0.3 is 5.97 Å².